The summed E-state index contributed by atoms with van der Waals surface area (Å²) in [7, 11) is -2.06. The molecule has 0 fully saturated rings. The van der Waals surface area contributed by atoms with Gasteiger partial charge in [-0.15, -0.1) is 0 Å². The molecule has 0 aliphatic rings. The van der Waals surface area contributed by atoms with E-state index < -0.39 is 10.0 Å². The van der Waals surface area contributed by atoms with E-state index in [0.717, 1.165) is 5.56 Å². The summed E-state index contributed by atoms with van der Waals surface area (Å²) in [5, 5.41) is 2.71. The zero-order valence-electron chi connectivity index (χ0n) is 14.4. The van der Waals surface area contributed by atoms with Gasteiger partial charge in [0, 0.05) is 25.2 Å². The maximum atomic E-state index is 12.9. The van der Waals surface area contributed by atoms with Crippen molar-refractivity contribution in [1.82, 2.24) is 9.62 Å². The number of hydrogen-bond donors (Lipinski definition) is 1. The molecule has 2 rings (SSSR count). The fourth-order valence-corrected chi connectivity index (χ4v) is 3.48. The van der Waals surface area contributed by atoms with Crippen LogP contribution in [0.15, 0.2) is 53.4 Å². The van der Waals surface area contributed by atoms with Gasteiger partial charge in [0.25, 0.3) is 5.91 Å². The van der Waals surface area contributed by atoms with E-state index in [-0.39, 0.29) is 29.2 Å². The summed E-state index contributed by atoms with van der Waals surface area (Å²) in [5.41, 5.74) is 1.13. The van der Waals surface area contributed by atoms with Crippen LogP contribution in [0.25, 0.3) is 0 Å². The van der Waals surface area contributed by atoms with Crippen molar-refractivity contribution in [3.63, 3.8) is 0 Å². The van der Waals surface area contributed by atoms with Crippen LogP contribution >= 0.6 is 0 Å². The van der Waals surface area contributed by atoms with E-state index in [1.807, 2.05) is 0 Å². The number of sulfonamides is 1. The van der Waals surface area contributed by atoms with Crippen molar-refractivity contribution < 1.29 is 17.6 Å². The molecule has 134 valence electrons. The van der Waals surface area contributed by atoms with Crippen molar-refractivity contribution in [1.29, 1.82) is 0 Å². The molecule has 0 atom stereocenters. The van der Waals surface area contributed by atoms with Crippen LogP contribution in [-0.2, 0) is 16.6 Å². The Bertz CT molecular complexity index is 832. The van der Waals surface area contributed by atoms with Gasteiger partial charge in [-0.2, -0.15) is 4.31 Å². The van der Waals surface area contributed by atoms with Crippen LogP contribution in [0.5, 0.6) is 0 Å². The number of halogens is 1. The highest BCUT2D eigenvalue weighted by Gasteiger charge is 2.23. The van der Waals surface area contributed by atoms with E-state index in [4.69, 9.17) is 0 Å². The molecular formula is C18H21FN2O3S. The first kappa shape index (κ1) is 19.1. The summed E-state index contributed by atoms with van der Waals surface area (Å²) in [5.74, 6) is -0.663. The monoisotopic (exact) mass is 364 g/mol. The summed E-state index contributed by atoms with van der Waals surface area (Å²) in [4.78, 5) is 12.3. The lowest BCUT2D eigenvalue weighted by Gasteiger charge is -2.21. The molecule has 0 heterocycles. The van der Waals surface area contributed by atoms with Gasteiger partial charge in [-0.25, -0.2) is 12.8 Å². The zero-order valence-corrected chi connectivity index (χ0v) is 15.2. The van der Waals surface area contributed by atoms with E-state index in [0.29, 0.717) is 5.56 Å². The molecule has 1 amide bonds. The quantitative estimate of drug-likeness (QED) is 0.857. The van der Waals surface area contributed by atoms with Gasteiger partial charge in [0.1, 0.15) is 5.82 Å². The molecule has 0 spiro atoms. The van der Waals surface area contributed by atoms with Crippen LogP contribution in [0.4, 0.5) is 4.39 Å². The lowest BCUT2D eigenvalue weighted by atomic mass is 10.2. The largest absolute Gasteiger partial charge is 0.348 e. The van der Waals surface area contributed by atoms with E-state index in [1.165, 1.54) is 47.8 Å². The van der Waals surface area contributed by atoms with Crippen LogP contribution in [0.2, 0.25) is 0 Å². The van der Waals surface area contributed by atoms with Crippen molar-refractivity contribution in [2.24, 2.45) is 0 Å². The fourth-order valence-electron chi connectivity index (χ4n) is 2.11. The number of benzene rings is 2. The molecule has 0 radical (unpaired) electrons. The molecule has 1 N–H and O–H groups in total. The van der Waals surface area contributed by atoms with Gasteiger partial charge in [-0.1, -0.05) is 12.1 Å². The van der Waals surface area contributed by atoms with Gasteiger partial charge in [-0.3, -0.25) is 4.79 Å². The molecular weight excluding hydrogens is 343 g/mol. The number of hydrogen-bond acceptors (Lipinski definition) is 3. The maximum absolute atomic E-state index is 12.9. The van der Waals surface area contributed by atoms with Crippen molar-refractivity contribution in [2.45, 2.75) is 31.3 Å². The van der Waals surface area contributed by atoms with Gasteiger partial charge in [-0.05, 0) is 55.8 Å². The Hall–Kier alpha value is -2.25. The van der Waals surface area contributed by atoms with Crippen molar-refractivity contribution >= 4 is 15.9 Å². The lowest BCUT2D eigenvalue weighted by Crippen LogP contribution is -2.33. The molecule has 0 aliphatic carbocycles. The Kier molecular flexibility index (Phi) is 5.92. The van der Waals surface area contributed by atoms with E-state index in [9.17, 15) is 17.6 Å². The number of nitrogens with one attached hydrogen (secondary N) is 1. The van der Waals surface area contributed by atoms with Crippen LogP contribution in [0.3, 0.4) is 0 Å². The first-order chi connectivity index (χ1) is 11.7. The molecule has 0 saturated heterocycles. The number of rotatable bonds is 6. The second-order valence-corrected chi connectivity index (χ2v) is 7.95. The number of carbonyl (C=O) groups is 1. The summed E-state index contributed by atoms with van der Waals surface area (Å²) in [6, 6.07) is 11.5. The number of amides is 1. The van der Waals surface area contributed by atoms with Gasteiger partial charge in [0.2, 0.25) is 10.0 Å². The molecule has 0 aromatic heterocycles. The molecule has 0 saturated carbocycles. The average Bonchev–Trinajstić information content (AvgIpc) is 2.60. The maximum Gasteiger partial charge on any atom is 0.251 e. The van der Waals surface area contributed by atoms with E-state index in [2.05, 4.69) is 5.32 Å². The molecule has 5 nitrogen and oxygen atoms in total. The number of nitrogens with zero attached hydrogens (tertiary/aromatic N) is 1. The topological polar surface area (TPSA) is 66.5 Å². The highest BCUT2D eigenvalue weighted by Crippen LogP contribution is 2.17. The third-order valence-corrected chi connectivity index (χ3v) is 5.93. The first-order valence-corrected chi connectivity index (χ1v) is 9.26. The third-order valence-electron chi connectivity index (χ3n) is 3.89. The van der Waals surface area contributed by atoms with Crippen molar-refractivity contribution in [3.05, 3.63) is 65.5 Å². The Morgan fingerprint density at radius 1 is 1.08 bits per heavy atom. The van der Waals surface area contributed by atoms with Crippen molar-refractivity contribution in [3.8, 4) is 0 Å². The molecule has 0 bridgehead atoms. The highest BCUT2D eigenvalue weighted by molar-refractivity contribution is 7.89. The normalized spacial score (nSPS) is 11.8. The van der Waals surface area contributed by atoms with Crippen LogP contribution in [-0.4, -0.2) is 31.7 Å². The van der Waals surface area contributed by atoms with Crippen LogP contribution in [0, 0.1) is 5.82 Å². The molecule has 7 heteroatoms. The minimum absolute atomic E-state index is 0.138. The summed E-state index contributed by atoms with van der Waals surface area (Å²) < 4.78 is 38.9. The molecule has 2 aromatic carbocycles. The summed E-state index contributed by atoms with van der Waals surface area (Å²) >= 11 is 0. The first-order valence-electron chi connectivity index (χ1n) is 7.82. The Morgan fingerprint density at radius 3 is 2.16 bits per heavy atom. The predicted molar refractivity (Wildman–Crippen MR) is 94.1 cm³/mol. The Balaban J connectivity index is 2.06. The molecule has 0 aliphatic heterocycles. The van der Waals surface area contributed by atoms with Gasteiger partial charge in [0.15, 0.2) is 0 Å². The minimum Gasteiger partial charge on any atom is -0.348 e. The van der Waals surface area contributed by atoms with Gasteiger partial charge >= 0.3 is 0 Å². The van der Waals surface area contributed by atoms with E-state index in [1.54, 1.807) is 26.0 Å². The highest BCUT2D eigenvalue weighted by atomic mass is 32.2. The summed E-state index contributed by atoms with van der Waals surface area (Å²) in [6.07, 6.45) is 0. The standard InChI is InChI=1S/C18H21FN2O3S/c1-13(2)21(3)25(23,24)17-10-6-15(7-11-17)18(22)20-12-14-4-8-16(19)9-5-14/h4-11,13H,12H2,1-3H3,(H,20,22). The minimum atomic E-state index is -3.57. The van der Waals surface area contributed by atoms with Crippen LogP contribution in [0.1, 0.15) is 29.8 Å². The van der Waals surface area contributed by atoms with Crippen molar-refractivity contribution in [2.75, 3.05) is 7.05 Å². The molecule has 0 unspecified atom stereocenters. The van der Waals surface area contributed by atoms with Gasteiger partial charge in [0.05, 0.1) is 4.90 Å². The lowest BCUT2D eigenvalue weighted by molar-refractivity contribution is 0.0951. The zero-order chi connectivity index (χ0) is 18.6. The molecule has 2 aromatic rings. The molecule has 25 heavy (non-hydrogen) atoms. The SMILES string of the molecule is CC(C)N(C)S(=O)(=O)c1ccc(C(=O)NCc2ccc(F)cc2)cc1. The predicted octanol–water partition coefficient (Wildman–Crippen LogP) is 2.78. The second kappa shape index (κ2) is 7.76. The van der Waals surface area contributed by atoms with Gasteiger partial charge < -0.3 is 5.32 Å². The number of carbonyl (C=O) groups excluding carboxylic acids is 1. The van der Waals surface area contributed by atoms with E-state index >= 15 is 0 Å². The third kappa shape index (κ3) is 4.64. The summed E-state index contributed by atoms with van der Waals surface area (Å²) in [6.45, 7) is 3.83. The fraction of sp³-hybridized carbons (Fsp3) is 0.278. The second-order valence-electron chi connectivity index (χ2n) is 5.95. The Labute approximate surface area is 147 Å². The Morgan fingerprint density at radius 2 is 1.64 bits per heavy atom. The average molecular weight is 364 g/mol. The smallest absolute Gasteiger partial charge is 0.251 e. The van der Waals surface area contributed by atoms with Crippen LogP contribution < -0.4 is 5.32 Å².